The molecule has 0 unspecified atom stereocenters. The molecule has 1 aromatic carbocycles. The molecule has 0 spiro atoms. The van der Waals surface area contributed by atoms with Gasteiger partial charge in [-0.05, 0) is 30.7 Å². The molecule has 1 amide bonds. The van der Waals surface area contributed by atoms with Gasteiger partial charge in [-0.1, -0.05) is 13.0 Å². The van der Waals surface area contributed by atoms with E-state index in [9.17, 15) is 18.0 Å². The number of amides is 1. The van der Waals surface area contributed by atoms with E-state index >= 15 is 0 Å². The first kappa shape index (κ1) is 17.0. The topological polar surface area (TPSA) is 33.0 Å². The summed E-state index contributed by atoms with van der Waals surface area (Å²) in [6.07, 6.45) is -1.71. The number of alkyl halides is 3. The zero-order chi connectivity index (χ0) is 17.0. The Morgan fingerprint density at radius 3 is 2.61 bits per heavy atom. The lowest BCUT2D eigenvalue weighted by Crippen LogP contribution is -2.43. The molecule has 23 heavy (non-hydrogen) atoms. The van der Waals surface area contributed by atoms with Gasteiger partial charge < -0.3 is 5.32 Å². The second-order valence-electron chi connectivity index (χ2n) is 5.29. The van der Waals surface area contributed by atoms with Gasteiger partial charge in [-0.3, -0.25) is 4.79 Å². The van der Waals surface area contributed by atoms with Crippen LogP contribution in [0.5, 0.6) is 0 Å². The van der Waals surface area contributed by atoms with Crippen LogP contribution >= 0.6 is 0 Å². The van der Waals surface area contributed by atoms with E-state index in [1.54, 1.807) is 4.57 Å². The third kappa shape index (κ3) is 4.55. The van der Waals surface area contributed by atoms with Crippen molar-refractivity contribution in [2.45, 2.75) is 33.0 Å². The molecule has 3 nitrogen and oxygen atoms in total. The second-order valence-corrected chi connectivity index (χ2v) is 5.29. The van der Waals surface area contributed by atoms with Crippen LogP contribution in [0.3, 0.4) is 0 Å². The predicted octanol–water partition coefficient (Wildman–Crippen LogP) is 3.50. The van der Waals surface area contributed by atoms with E-state index in [0.717, 1.165) is 29.8 Å². The van der Waals surface area contributed by atoms with Crippen LogP contribution < -0.4 is 9.88 Å². The number of carbonyl (C=O) groups excluding carboxylic acids is 1. The Balaban J connectivity index is 2.11. The summed E-state index contributed by atoms with van der Waals surface area (Å²) in [5, 5.41) is 2.51. The van der Waals surface area contributed by atoms with Crippen LogP contribution in [-0.2, 0) is 23.9 Å². The zero-order valence-electron chi connectivity index (χ0n) is 12.9. The number of nitrogens with one attached hydrogen (secondary N) is 1. The van der Waals surface area contributed by atoms with Crippen LogP contribution in [0.1, 0.15) is 23.7 Å². The van der Waals surface area contributed by atoms with Gasteiger partial charge >= 0.3 is 6.18 Å². The minimum absolute atomic E-state index is 0.0515. The molecule has 0 bridgehead atoms. The van der Waals surface area contributed by atoms with Gasteiger partial charge in [0, 0.05) is 24.2 Å². The number of carbonyl (C=O) groups is 1. The first-order valence-corrected chi connectivity index (χ1v) is 7.25. The Hall–Kier alpha value is -2.37. The maximum absolute atomic E-state index is 12.7. The normalized spacial score (nSPS) is 11.3. The van der Waals surface area contributed by atoms with Crippen molar-refractivity contribution in [3.05, 3.63) is 59.4 Å². The number of rotatable bonds is 4. The molecule has 0 saturated carbocycles. The molecule has 0 aliphatic heterocycles. The van der Waals surface area contributed by atoms with Gasteiger partial charge in [0.05, 0.1) is 5.56 Å². The third-order valence-electron chi connectivity index (χ3n) is 3.51. The third-order valence-corrected chi connectivity index (χ3v) is 3.51. The van der Waals surface area contributed by atoms with Crippen LogP contribution in [0.4, 0.5) is 18.9 Å². The SMILES string of the molecule is CCc1ccc(C)[n+](CC(=O)Nc2cccc(C(F)(F)F)c2)c1. The molecule has 122 valence electrons. The standard InChI is InChI=1S/C17H17F3N2O/c1-3-13-8-7-12(2)22(10-13)11-16(23)21-15-6-4-5-14(9-15)17(18,19)20/h4-10H,3,11H2,1-2H3/p+1. The fraction of sp³-hybridized carbons (Fsp3) is 0.294. The van der Waals surface area contributed by atoms with Crippen molar-refractivity contribution in [1.29, 1.82) is 0 Å². The van der Waals surface area contributed by atoms with Crippen molar-refractivity contribution in [2.75, 3.05) is 5.32 Å². The lowest BCUT2D eigenvalue weighted by atomic mass is 10.2. The molecule has 2 aromatic rings. The van der Waals surface area contributed by atoms with E-state index < -0.39 is 11.7 Å². The first-order chi connectivity index (χ1) is 10.8. The number of hydrogen-bond acceptors (Lipinski definition) is 1. The van der Waals surface area contributed by atoms with Crippen LogP contribution in [0, 0.1) is 6.92 Å². The van der Waals surface area contributed by atoms with Gasteiger partial charge in [-0.2, -0.15) is 17.7 Å². The monoisotopic (exact) mass is 323 g/mol. The highest BCUT2D eigenvalue weighted by molar-refractivity contribution is 5.89. The van der Waals surface area contributed by atoms with Gasteiger partial charge in [-0.15, -0.1) is 0 Å². The van der Waals surface area contributed by atoms with Crippen LogP contribution in [0.15, 0.2) is 42.6 Å². The smallest absolute Gasteiger partial charge is 0.321 e. The lowest BCUT2D eigenvalue weighted by molar-refractivity contribution is -0.690. The number of nitrogens with zero attached hydrogens (tertiary/aromatic N) is 1. The molecule has 1 heterocycles. The van der Waals surface area contributed by atoms with Gasteiger partial charge in [0.25, 0.3) is 5.91 Å². The molecule has 2 rings (SSSR count). The molecule has 0 aliphatic rings. The molecular formula is C17H18F3N2O+. The molecule has 1 N–H and O–H groups in total. The van der Waals surface area contributed by atoms with Crippen molar-refractivity contribution in [3.8, 4) is 0 Å². The van der Waals surface area contributed by atoms with E-state index in [2.05, 4.69) is 5.32 Å². The van der Waals surface area contributed by atoms with Crippen molar-refractivity contribution in [3.63, 3.8) is 0 Å². The van der Waals surface area contributed by atoms with E-state index in [1.165, 1.54) is 12.1 Å². The highest BCUT2D eigenvalue weighted by Crippen LogP contribution is 2.30. The minimum atomic E-state index is -4.43. The second kappa shape index (κ2) is 6.81. The summed E-state index contributed by atoms with van der Waals surface area (Å²) in [4.78, 5) is 12.1. The van der Waals surface area contributed by atoms with E-state index in [4.69, 9.17) is 0 Å². The Bertz CT molecular complexity index is 711. The molecule has 0 fully saturated rings. The summed E-state index contributed by atoms with van der Waals surface area (Å²) in [6.45, 7) is 3.94. The number of aromatic nitrogens is 1. The maximum atomic E-state index is 12.7. The van der Waals surface area contributed by atoms with Crippen molar-refractivity contribution in [1.82, 2.24) is 0 Å². The summed E-state index contributed by atoms with van der Waals surface area (Å²) >= 11 is 0. The molecule has 0 saturated heterocycles. The number of hydrogen-bond donors (Lipinski definition) is 1. The predicted molar refractivity (Wildman–Crippen MR) is 80.8 cm³/mol. The average Bonchev–Trinajstić information content (AvgIpc) is 2.49. The van der Waals surface area contributed by atoms with Crippen molar-refractivity contribution < 1.29 is 22.5 Å². The number of halogens is 3. The summed E-state index contributed by atoms with van der Waals surface area (Å²) < 4.78 is 39.8. The Morgan fingerprint density at radius 2 is 1.96 bits per heavy atom. The van der Waals surface area contributed by atoms with Crippen molar-refractivity contribution >= 4 is 11.6 Å². The molecule has 0 atom stereocenters. The maximum Gasteiger partial charge on any atom is 0.416 e. The van der Waals surface area contributed by atoms with Gasteiger partial charge in [0.1, 0.15) is 0 Å². The number of pyridine rings is 1. The lowest BCUT2D eigenvalue weighted by Gasteiger charge is -2.09. The highest BCUT2D eigenvalue weighted by atomic mass is 19.4. The van der Waals surface area contributed by atoms with Crippen LogP contribution in [0.2, 0.25) is 0 Å². The largest absolute Gasteiger partial charge is 0.416 e. The van der Waals surface area contributed by atoms with E-state index in [1.807, 2.05) is 32.2 Å². The van der Waals surface area contributed by atoms with Crippen LogP contribution in [-0.4, -0.2) is 5.91 Å². The number of aryl methyl sites for hydroxylation is 2. The van der Waals surface area contributed by atoms with Crippen LogP contribution in [0.25, 0.3) is 0 Å². The Labute approximate surface area is 132 Å². The number of benzene rings is 1. The minimum Gasteiger partial charge on any atom is -0.321 e. The molecule has 1 aromatic heterocycles. The van der Waals surface area contributed by atoms with Gasteiger partial charge in [0.15, 0.2) is 11.9 Å². The quantitative estimate of drug-likeness (QED) is 0.858. The molecular weight excluding hydrogens is 305 g/mol. The fourth-order valence-electron chi connectivity index (χ4n) is 2.18. The summed E-state index contributed by atoms with van der Waals surface area (Å²) in [6, 6.07) is 8.51. The molecule has 0 radical (unpaired) electrons. The van der Waals surface area contributed by atoms with Gasteiger partial charge in [0.2, 0.25) is 6.54 Å². The Morgan fingerprint density at radius 1 is 1.22 bits per heavy atom. The average molecular weight is 323 g/mol. The summed E-state index contributed by atoms with van der Waals surface area (Å²) in [5.74, 6) is -0.370. The Kier molecular flexibility index (Phi) is 5.03. The first-order valence-electron chi connectivity index (χ1n) is 7.25. The van der Waals surface area contributed by atoms with E-state index in [0.29, 0.717) is 0 Å². The van der Waals surface area contributed by atoms with E-state index in [-0.39, 0.29) is 18.1 Å². The zero-order valence-corrected chi connectivity index (χ0v) is 12.9. The molecule has 6 heteroatoms. The highest BCUT2D eigenvalue weighted by Gasteiger charge is 2.30. The summed E-state index contributed by atoms with van der Waals surface area (Å²) in [5.41, 5.74) is 1.34. The fourth-order valence-corrected chi connectivity index (χ4v) is 2.18. The number of anilines is 1. The van der Waals surface area contributed by atoms with Gasteiger partial charge in [-0.25, -0.2) is 0 Å². The van der Waals surface area contributed by atoms with Crippen molar-refractivity contribution in [2.24, 2.45) is 0 Å². The molecule has 0 aliphatic carbocycles. The summed E-state index contributed by atoms with van der Waals surface area (Å²) in [7, 11) is 0.